The first-order chi connectivity index (χ1) is 12.8. The summed E-state index contributed by atoms with van der Waals surface area (Å²) in [5.41, 5.74) is 0.974. The van der Waals surface area contributed by atoms with Crippen molar-refractivity contribution in [1.29, 1.82) is 0 Å². The molecule has 0 unspecified atom stereocenters. The third kappa shape index (κ3) is 8.47. The van der Waals surface area contributed by atoms with E-state index in [1.54, 1.807) is 4.90 Å². The summed E-state index contributed by atoms with van der Waals surface area (Å²) in [6.07, 6.45) is 1.24. The molecule has 1 aromatic rings. The summed E-state index contributed by atoms with van der Waals surface area (Å²) in [5, 5.41) is 2.83. The Bertz CT molecular complexity index is 604. The fourth-order valence-corrected chi connectivity index (χ4v) is 3.65. The molecule has 1 saturated heterocycles. The maximum Gasteiger partial charge on any atom is 0.410 e. The second kappa shape index (κ2) is 10.3. The van der Waals surface area contributed by atoms with Gasteiger partial charge >= 0.3 is 12.2 Å². The molecule has 0 aromatic heterocycles. The van der Waals surface area contributed by atoms with Crippen LogP contribution in [0.5, 0.6) is 0 Å². The lowest BCUT2D eigenvalue weighted by Gasteiger charge is -2.32. The van der Waals surface area contributed by atoms with E-state index in [0.717, 1.165) is 24.4 Å². The molecule has 7 heteroatoms. The average molecular weight is 393 g/mol. The molecule has 0 saturated carbocycles. The summed E-state index contributed by atoms with van der Waals surface area (Å²) in [4.78, 5) is 25.8. The van der Waals surface area contributed by atoms with Crippen LogP contribution >= 0.6 is 0 Å². The van der Waals surface area contributed by atoms with Crippen LogP contribution in [0.3, 0.4) is 0 Å². The molecule has 27 heavy (non-hydrogen) atoms. The number of ether oxygens (including phenoxy) is 2. The zero-order valence-corrected chi connectivity index (χ0v) is 17.7. The maximum absolute atomic E-state index is 12.3. The number of carbonyl (C=O) groups excluding carboxylic acids is 2. The van der Waals surface area contributed by atoms with Gasteiger partial charge in [-0.15, -0.1) is 0 Å². The number of benzene rings is 1. The second-order valence-corrected chi connectivity index (χ2v) is 13.9. The molecule has 0 bridgehead atoms. The van der Waals surface area contributed by atoms with E-state index in [0.29, 0.717) is 26.2 Å². The predicted molar refractivity (Wildman–Crippen MR) is 108 cm³/mol. The van der Waals surface area contributed by atoms with Crippen LogP contribution in [0.2, 0.25) is 25.7 Å². The van der Waals surface area contributed by atoms with E-state index in [1.165, 1.54) is 0 Å². The minimum absolute atomic E-state index is 0.229. The zero-order chi connectivity index (χ0) is 19.7. The number of rotatable bonds is 7. The van der Waals surface area contributed by atoms with Crippen LogP contribution in [0.1, 0.15) is 18.4 Å². The molecule has 2 rings (SSSR count). The Hall–Kier alpha value is -2.02. The summed E-state index contributed by atoms with van der Waals surface area (Å²) in [6.45, 7) is 9.33. The van der Waals surface area contributed by atoms with Crippen molar-refractivity contribution >= 4 is 20.3 Å². The molecule has 0 radical (unpaired) electrons. The Balaban J connectivity index is 1.67. The molecule has 2 amide bonds. The van der Waals surface area contributed by atoms with Crippen molar-refractivity contribution in [3.63, 3.8) is 0 Å². The van der Waals surface area contributed by atoms with E-state index in [-0.39, 0.29) is 24.7 Å². The van der Waals surface area contributed by atoms with E-state index in [4.69, 9.17) is 9.47 Å². The van der Waals surface area contributed by atoms with Gasteiger partial charge in [0, 0.05) is 27.7 Å². The number of alkyl carbamates (subject to hydrolysis) is 1. The smallest absolute Gasteiger partial charge is 0.410 e. The molecule has 1 aliphatic rings. The highest BCUT2D eigenvalue weighted by molar-refractivity contribution is 6.76. The Morgan fingerprint density at radius 3 is 2.63 bits per heavy atom. The van der Waals surface area contributed by atoms with Crippen molar-refractivity contribution in [2.45, 2.75) is 45.1 Å². The van der Waals surface area contributed by atoms with Crippen molar-refractivity contribution in [2.24, 2.45) is 5.92 Å². The van der Waals surface area contributed by atoms with Crippen LogP contribution in [0.25, 0.3) is 0 Å². The minimum atomic E-state index is -1.20. The van der Waals surface area contributed by atoms with E-state index in [2.05, 4.69) is 25.0 Å². The first-order valence-corrected chi connectivity index (χ1v) is 13.4. The zero-order valence-electron chi connectivity index (χ0n) is 16.7. The van der Waals surface area contributed by atoms with Gasteiger partial charge in [0.05, 0.1) is 6.61 Å². The van der Waals surface area contributed by atoms with Gasteiger partial charge in [-0.2, -0.15) is 0 Å². The topological polar surface area (TPSA) is 67.9 Å². The standard InChI is InChI=1S/C20H32N2O4Si/c1-27(2,3)13-12-25-19(23)21-14-18-10-7-11-22(15-18)20(24)26-16-17-8-5-4-6-9-17/h4-6,8-9,18H,7,10-16H2,1-3H3,(H,21,23)/t18-/m0/s1. The molecule has 1 aromatic carbocycles. The van der Waals surface area contributed by atoms with Crippen molar-refractivity contribution in [2.75, 3.05) is 26.2 Å². The lowest BCUT2D eigenvalue weighted by molar-refractivity contribution is 0.0786. The fourth-order valence-electron chi connectivity index (χ4n) is 2.94. The van der Waals surface area contributed by atoms with Gasteiger partial charge in [0.15, 0.2) is 0 Å². The third-order valence-electron chi connectivity index (χ3n) is 4.60. The van der Waals surface area contributed by atoms with Gasteiger partial charge in [0.2, 0.25) is 0 Å². The molecule has 6 nitrogen and oxygen atoms in total. The third-order valence-corrected chi connectivity index (χ3v) is 6.31. The lowest BCUT2D eigenvalue weighted by Crippen LogP contribution is -2.44. The van der Waals surface area contributed by atoms with Crippen LogP contribution < -0.4 is 5.32 Å². The maximum atomic E-state index is 12.3. The van der Waals surface area contributed by atoms with Crippen molar-refractivity contribution in [3.8, 4) is 0 Å². The molecular weight excluding hydrogens is 360 g/mol. The molecule has 1 atom stereocenters. The van der Waals surface area contributed by atoms with Crippen LogP contribution in [0.15, 0.2) is 30.3 Å². The van der Waals surface area contributed by atoms with Gasteiger partial charge in [-0.1, -0.05) is 50.0 Å². The number of amides is 2. The highest BCUT2D eigenvalue weighted by Crippen LogP contribution is 2.17. The number of hydrogen-bond acceptors (Lipinski definition) is 4. The monoisotopic (exact) mass is 392 g/mol. The Morgan fingerprint density at radius 1 is 1.19 bits per heavy atom. The van der Waals surface area contributed by atoms with E-state index in [9.17, 15) is 9.59 Å². The number of piperidine rings is 1. The van der Waals surface area contributed by atoms with Gasteiger partial charge < -0.3 is 19.7 Å². The SMILES string of the molecule is C[Si](C)(C)CCOC(=O)NC[C@@H]1CCCN(C(=O)OCc2ccccc2)C1. The van der Waals surface area contributed by atoms with Crippen LogP contribution in [0, 0.1) is 5.92 Å². The first kappa shape index (κ1) is 21.3. The van der Waals surface area contributed by atoms with E-state index < -0.39 is 8.07 Å². The number of carbonyl (C=O) groups is 2. The van der Waals surface area contributed by atoms with E-state index in [1.807, 2.05) is 30.3 Å². The van der Waals surface area contributed by atoms with Gasteiger partial charge in [0.25, 0.3) is 0 Å². The molecule has 1 heterocycles. The molecule has 1 fully saturated rings. The quantitative estimate of drug-likeness (QED) is 0.710. The van der Waals surface area contributed by atoms with Gasteiger partial charge in [-0.05, 0) is 30.4 Å². The predicted octanol–water partition coefficient (Wildman–Crippen LogP) is 4.10. The molecule has 1 aliphatic heterocycles. The lowest BCUT2D eigenvalue weighted by atomic mass is 9.98. The average Bonchev–Trinajstić information content (AvgIpc) is 2.64. The first-order valence-electron chi connectivity index (χ1n) is 9.70. The second-order valence-electron chi connectivity index (χ2n) is 8.32. The molecule has 0 spiro atoms. The van der Waals surface area contributed by atoms with Crippen LogP contribution in [-0.4, -0.2) is 51.4 Å². The van der Waals surface area contributed by atoms with Gasteiger partial charge in [-0.25, -0.2) is 9.59 Å². The fraction of sp³-hybridized carbons (Fsp3) is 0.600. The number of nitrogens with zero attached hydrogens (tertiary/aromatic N) is 1. The summed E-state index contributed by atoms with van der Waals surface area (Å²) in [7, 11) is -1.20. The highest BCUT2D eigenvalue weighted by Gasteiger charge is 2.25. The van der Waals surface area contributed by atoms with Gasteiger partial charge in [-0.3, -0.25) is 0 Å². The Kier molecular flexibility index (Phi) is 8.15. The number of nitrogens with one attached hydrogen (secondary N) is 1. The minimum Gasteiger partial charge on any atom is -0.450 e. The normalized spacial score (nSPS) is 17.3. The van der Waals surface area contributed by atoms with Crippen molar-refractivity contribution < 1.29 is 19.1 Å². The van der Waals surface area contributed by atoms with Gasteiger partial charge in [0.1, 0.15) is 6.61 Å². The molecule has 0 aliphatic carbocycles. The van der Waals surface area contributed by atoms with E-state index >= 15 is 0 Å². The summed E-state index contributed by atoms with van der Waals surface area (Å²) in [6, 6.07) is 10.6. The number of likely N-dealkylation sites (tertiary alicyclic amines) is 1. The summed E-state index contributed by atoms with van der Waals surface area (Å²) in [5.74, 6) is 0.229. The molecule has 1 N–H and O–H groups in total. The Morgan fingerprint density at radius 2 is 1.93 bits per heavy atom. The Labute approximate surface area is 163 Å². The van der Waals surface area contributed by atoms with Crippen molar-refractivity contribution in [1.82, 2.24) is 10.2 Å². The number of hydrogen-bond donors (Lipinski definition) is 1. The molecule has 150 valence electrons. The summed E-state index contributed by atoms with van der Waals surface area (Å²) < 4.78 is 10.7. The van der Waals surface area contributed by atoms with Crippen LogP contribution in [-0.2, 0) is 16.1 Å². The largest absolute Gasteiger partial charge is 0.450 e. The van der Waals surface area contributed by atoms with Crippen molar-refractivity contribution in [3.05, 3.63) is 35.9 Å². The highest BCUT2D eigenvalue weighted by atomic mass is 28.3. The van der Waals surface area contributed by atoms with Crippen LogP contribution in [0.4, 0.5) is 9.59 Å². The summed E-state index contributed by atoms with van der Waals surface area (Å²) >= 11 is 0. The molecular formula is C20H32N2O4Si.